The second-order valence-corrected chi connectivity index (χ2v) is 7.15. The molecule has 0 spiro atoms. The minimum Gasteiger partial charge on any atom is -0.356 e. The number of hydrogen-bond acceptors (Lipinski definition) is 2. The first kappa shape index (κ1) is 21.7. The molecule has 0 unspecified atom stereocenters. The lowest BCUT2D eigenvalue weighted by Crippen LogP contribution is -2.26. The van der Waals surface area contributed by atoms with E-state index in [0.717, 1.165) is 49.9 Å². The largest absolute Gasteiger partial charge is 0.356 e. The zero-order valence-electron chi connectivity index (χ0n) is 16.7. The van der Waals surface area contributed by atoms with Crippen molar-refractivity contribution in [3.8, 4) is 0 Å². The van der Waals surface area contributed by atoms with Gasteiger partial charge in [-0.2, -0.15) is 0 Å². The van der Waals surface area contributed by atoms with Crippen LogP contribution in [0.5, 0.6) is 0 Å². The molecule has 0 saturated heterocycles. The molecule has 2 amide bonds. The lowest BCUT2D eigenvalue weighted by atomic mass is 10.1. The van der Waals surface area contributed by atoms with E-state index in [-0.39, 0.29) is 11.8 Å². The van der Waals surface area contributed by atoms with E-state index >= 15 is 0 Å². The number of unbranched alkanes of at least 4 members (excludes halogenated alkanes) is 5. The first-order valence-corrected chi connectivity index (χ1v) is 10.4. The van der Waals surface area contributed by atoms with Crippen molar-refractivity contribution in [3.05, 3.63) is 71.8 Å². The molecular weight excluding hydrogens is 348 g/mol. The number of rotatable bonds is 13. The Morgan fingerprint density at radius 3 is 1.29 bits per heavy atom. The number of carbonyl (C=O) groups is 2. The SMILES string of the molecule is O=C(Cc1ccccc1)NCCCCCCCCNC(=O)Cc1ccccc1. The van der Waals surface area contributed by atoms with Crippen molar-refractivity contribution in [3.63, 3.8) is 0 Å². The molecule has 0 aliphatic heterocycles. The maximum Gasteiger partial charge on any atom is 0.224 e. The van der Waals surface area contributed by atoms with Crippen LogP contribution >= 0.6 is 0 Å². The second kappa shape index (κ2) is 13.5. The molecule has 0 aromatic heterocycles. The summed E-state index contributed by atoms with van der Waals surface area (Å²) < 4.78 is 0. The van der Waals surface area contributed by atoms with Gasteiger partial charge in [-0.15, -0.1) is 0 Å². The molecule has 0 aliphatic carbocycles. The van der Waals surface area contributed by atoms with Gasteiger partial charge in [-0.25, -0.2) is 0 Å². The van der Waals surface area contributed by atoms with Crippen molar-refractivity contribution in [2.45, 2.75) is 51.4 Å². The molecule has 2 N–H and O–H groups in total. The molecular formula is C24H32N2O2. The van der Waals surface area contributed by atoms with Crippen LogP contribution in [0.15, 0.2) is 60.7 Å². The molecule has 0 radical (unpaired) electrons. The van der Waals surface area contributed by atoms with Crippen molar-refractivity contribution >= 4 is 11.8 Å². The van der Waals surface area contributed by atoms with E-state index in [1.807, 2.05) is 60.7 Å². The normalized spacial score (nSPS) is 10.4. The summed E-state index contributed by atoms with van der Waals surface area (Å²) in [6, 6.07) is 19.6. The molecule has 150 valence electrons. The summed E-state index contributed by atoms with van der Waals surface area (Å²) in [5, 5.41) is 5.98. The third-order valence-electron chi connectivity index (χ3n) is 4.66. The summed E-state index contributed by atoms with van der Waals surface area (Å²) in [5.74, 6) is 0.190. The molecule has 2 aromatic carbocycles. The van der Waals surface area contributed by atoms with Gasteiger partial charge in [0.25, 0.3) is 0 Å². The highest BCUT2D eigenvalue weighted by Gasteiger charge is 2.03. The summed E-state index contributed by atoms with van der Waals surface area (Å²) in [5.41, 5.74) is 2.10. The number of benzene rings is 2. The van der Waals surface area contributed by atoms with Gasteiger partial charge in [0.05, 0.1) is 12.8 Å². The summed E-state index contributed by atoms with van der Waals surface area (Å²) >= 11 is 0. The van der Waals surface area contributed by atoms with Crippen LogP contribution in [0.2, 0.25) is 0 Å². The Kier molecular flexibility index (Phi) is 10.5. The van der Waals surface area contributed by atoms with Gasteiger partial charge < -0.3 is 10.6 Å². The summed E-state index contributed by atoms with van der Waals surface area (Å²) in [6.45, 7) is 1.50. The second-order valence-electron chi connectivity index (χ2n) is 7.15. The number of amides is 2. The van der Waals surface area contributed by atoms with Crippen molar-refractivity contribution < 1.29 is 9.59 Å². The monoisotopic (exact) mass is 380 g/mol. The zero-order valence-corrected chi connectivity index (χ0v) is 16.7. The Morgan fingerprint density at radius 2 is 0.893 bits per heavy atom. The van der Waals surface area contributed by atoms with E-state index in [4.69, 9.17) is 0 Å². The predicted molar refractivity (Wildman–Crippen MR) is 114 cm³/mol. The van der Waals surface area contributed by atoms with Gasteiger partial charge in [0.15, 0.2) is 0 Å². The topological polar surface area (TPSA) is 58.2 Å². The third-order valence-corrected chi connectivity index (χ3v) is 4.66. The van der Waals surface area contributed by atoms with Crippen molar-refractivity contribution in [2.24, 2.45) is 0 Å². The minimum atomic E-state index is 0.0949. The molecule has 2 rings (SSSR count). The third kappa shape index (κ3) is 9.91. The number of carbonyl (C=O) groups excluding carboxylic acids is 2. The molecule has 28 heavy (non-hydrogen) atoms. The zero-order chi connectivity index (χ0) is 19.9. The van der Waals surface area contributed by atoms with E-state index < -0.39 is 0 Å². The molecule has 0 saturated carbocycles. The van der Waals surface area contributed by atoms with Crippen molar-refractivity contribution in [1.82, 2.24) is 10.6 Å². The van der Waals surface area contributed by atoms with E-state index in [0.29, 0.717) is 12.8 Å². The summed E-state index contributed by atoms with van der Waals surface area (Å²) in [7, 11) is 0. The Bertz CT molecular complexity index is 625. The van der Waals surface area contributed by atoms with Crippen LogP contribution in [0.1, 0.15) is 49.7 Å². The molecule has 4 heteroatoms. The quantitative estimate of drug-likeness (QED) is 0.515. The standard InChI is InChI=1S/C24H32N2O2/c27-23(19-21-13-7-5-8-14-21)25-17-11-3-1-2-4-12-18-26-24(28)20-22-15-9-6-10-16-22/h5-10,13-16H,1-4,11-12,17-20H2,(H,25,27)(H,26,28). The average molecular weight is 381 g/mol. The molecule has 4 nitrogen and oxygen atoms in total. The predicted octanol–water partition coefficient (Wildman–Crippen LogP) is 4.04. The van der Waals surface area contributed by atoms with Gasteiger partial charge in [-0.05, 0) is 24.0 Å². The van der Waals surface area contributed by atoms with E-state index in [1.54, 1.807) is 0 Å². The molecule has 0 fully saturated rings. The van der Waals surface area contributed by atoms with Gasteiger partial charge in [0, 0.05) is 13.1 Å². The Labute approximate surface area is 168 Å². The highest BCUT2D eigenvalue weighted by atomic mass is 16.2. The van der Waals surface area contributed by atoms with Crippen LogP contribution in [0.25, 0.3) is 0 Å². The average Bonchev–Trinajstić information content (AvgIpc) is 2.71. The maximum absolute atomic E-state index is 11.8. The van der Waals surface area contributed by atoms with Gasteiger partial charge >= 0.3 is 0 Å². The highest BCUT2D eigenvalue weighted by Crippen LogP contribution is 2.05. The van der Waals surface area contributed by atoms with Gasteiger partial charge in [0.1, 0.15) is 0 Å². The number of hydrogen-bond donors (Lipinski definition) is 2. The fourth-order valence-electron chi connectivity index (χ4n) is 3.10. The number of nitrogens with one attached hydrogen (secondary N) is 2. The first-order chi connectivity index (χ1) is 13.7. The van der Waals surface area contributed by atoms with Crippen LogP contribution in [-0.4, -0.2) is 24.9 Å². The maximum atomic E-state index is 11.8. The van der Waals surface area contributed by atoms with E-state index in [1.165, 1.54) is 12.8 Å². The van der Waals surface area contributed by atoms with Crippen molar-refractivity contribution in [1.29, 1.82) is 0 Å². The molecule has 0 bridgehead atoms. The highest BCUT2D eigenvalue weighted by molar-refractivity contribution is 5.78. The Morgan fingerprint density at radius 1 is 0.536 bits per heavy atom. The lowest BCUT2D eigenvalue weighted by Gasteiger charge is -2.06. The van der Waals surface area contributed by atoms with Crippen molar-refractivity contribution in [2.75, 3.05) is 13.1 Å². The van der Waals surface area contributed by atoms with Gasteiger partial charge in [-0.3, -0.25) is 9.59 Å². The minimum absolute atomic E-state index is 0.0949. The fourth-order valence-corrected chi connectivity index (χ4v) is 3.10. The lowest BCUT2D eigenvalue weighted by molar-refractivity contribution is -0.121. The first-order valence-electron chi connectivity index (χ1n) is 10.4. The molecule has 2 aromatic rings. The Balaban J connectivity index is 1.37. The van der Waals surface area contributed by atoms with Crippen LogP contribution < -0.4 is 10.6 Å². The van der Waals surface area contributed by atoms with Crippen LogP contribution in [0.4, 0.5) is 0 Å². The molecule has 0 heterocycles. The van der Waals surface area contributed by atoms with Crippen LogP contribution in [0.3, 0.4) is 0 Å². The summed E-state index contributed by atoms with van der Waals surface area (Å²) in [6.07, 6.45) is 7.56. The fraction of sp³-hybridized carbons (Fsp3) is 0.417. The molecule has 0 atom stereocenters. The molecule has 0 aliphatic rings. The van der Waals surface area contributed by atoms with E-state index in [2.05, 4.69) is 10.6 Å². The van der Waals surface area contributed by atoms with Gasteiger partial charge in [-0.1, -0.05) is 86.3 Å². The van der Waals surface area contributed by atoms with E-state index in [9.17, 15) is 9.59 Å². The Hall–Kier alpha value is -2.62. The van der Waals surface area contributed by atoms with Crippen LogP contribution in [0, 0.1) is 0 Å². The van der Waals surface area contributed by atoms with Gasteiger partial charge in [0.2, 0.25) is 11.8 Å². The summed E-state index contributed by atoms with van der Waals surface area (Å²) in [4.78, 5) is 23.7. The van der Waals surface area contributed by atoms with Crippen LogP contribution in [-0.2, 0) is 22.4 Å². The smallest absolute Gasteiger partial charge is 0.224 e.